The number of hydrogen-bond donors (Lipinski definition) is 1. The van der Waals surface area contributed by atoms with E-state index in [0.29, 0.717) is 37.9 Å². The van der Waals surface area contributed by atoms with Crippen molar-refractivity contribution in [1.29, 1.82) is 0 Å². The van der Waals surface area contributed by atoms with Gasteiger partial charge in [0.1, 0.15) is 5.78 Å². The zero-order valence-electron chi connectivity index (χ0n) is 38.0. The minimum absolute atomic E-state index is 0.0903. The highest BCUT2D eigenvalue weighted by atomic mass is 127. The summed E-state index contributed by atoms with van der Waals surface area (Å²) >= 11 is 14.4. The van der Waals surface area contributed by atoms with Crippen molar-refractivity contribution in [1.82, 2.24) is 9.88 Å². The van der Waals surface area contributed by atoms with Gasteiger partial charge in [0.2, 0.25) is 0 Å². The van der Waals surface area contributed by atoms with Gasteiger partial charge in [-0.05, 0) is 101 Å². The lowest BCUT2D eigenvalue weighted by Gasteiger charge is -2.44. The van der Waals surface area contributed by atoms with Crippen LogP contribution < -0.4 is 14.8 Å². The largest absolute Gasteiger partial charge is 0.493 e. The van der Waals surface area contributed by atoms with E-state index in [1.54, 1.807) is 47.1 Å². The maximum Gasteiger partial charge on any atom is 0.410 e. The van der Waals surface area contributed by atoms with E-state index >= 15 is 0 Å². The number of carbonyl (C=O) groups is 4. The molecule has 0 aliphatic carbocycles. The van der Waals surface area contributed by atoms with Gasteiger partial charge in [-0.2, -0.15) is 0 Å². The minimum Gasteiger partial charge on any atom is -0.493 e. The average Bonchev–Trinajstić information content (AvgIpc) is 3.50. The molecule has 1 aromatic heterocycles. The van der Waals surface area contributed by atoms with Crippen LogP contribution in [0.2, 0.25) is 10.0 Å². The van der Waals surface area contributed by atoms with Crippen LogP contribution in [0.4, 0.5) is 10.5 Å². The van der Waals surface area contributed by atoms with Gasteiger partial charge in [0.15, 0.2) is 27.5 Å². The fraction of sp³-hybridized carbons (Fsp3) is 0.667. The van der Waals surface area contributed by atoms with Crippen molar-refractivity contribution in [3.05, 3.63) is 46.2 Å². The number of carbonyl (C=O) groups excluding carboxylic acids is 4. The molecule has 3 aliphatic heterocycles. The number of rotatable bonds is 12. The summed E-state index contributed by atoms with van der Waals surface area (Å²) in [7, 11) is 4.78. The molecule has 3 fully saturated rings. The molecular weight excluding hydrogens is 972 g/mol. The topological polar surface area (TPSA) is 170 Å². The Morgan fingerprint density at radius 2 is 1.57 bits per heavy atom. The number of ketones is 1. The maximum atomic E-state index is 14.5. The molecule has 2 aromatic rings. The number of ether oxygens (including phenoxy) is 8. The van der Waals surface area contributed by atoms with Crippen LogP contribution in [-0.2, 0) is 38.0 Å². The number of nitrogens with zero attached hydrogens (tertiary/aromatic N) is 2. The fourth-order valence-electron chi connectivity index (χ4n) is 9.40. The van der Waals surface area contributed by atoms with E-state index in [0.717, 1.165) is 0 Å². The van der Waals surface area contributed by atoms with Gasteiger partial charge in [0, 0.05) is 63.4 Å². The number of pyridine rings is 1. The molecule has 4 heterocycles. The third-order valence-electron chi connectivity index (χ3n) is 12.8. The second kappa shape index (κ2) is 21.1. The summed E-state index contributed by atoms with van der Waals surface area (Å²) in [5.41, 5.74) is -2.23. The first kappa shape index (κ1) is 51.0. The van der Waals surface area contributed by atoms with Gasteiger partial charge in [-0.3, -0.25) is 19.4 Å². The molecule has 0 radical (unpaired) electrons. The number of alkyl halides is 1. The number of fused-ring (bicyclic) bond motifs is 1. The Bertz CT molecular complexity index is 1960. The molecule has 0 spiro atoms. The Morgan fingerprint density at radius 1 is 0.921 bits per heavy atom. The summed E-state index contributed by atoms with van der Waals surface area (Å²) < 4.78 is 48.0. The summed E-state index contributed by atoms with van der Waals surface area (Å²) in [6, 6.07) is 3.86. The summed E-state index contributed by atoms with van der Waals surface area (Å²) in [5, 5.41) is 3.06. The molecule has 0 bridgehead atoms. The quantitative estimate of drug-likeness (QED) is 0.0926. The van der Waals surface area contributed by atoms with Crippen LogP contribution >= 0.6 is 45.8 Å². The first-order valence-electron chi connectivity index (χ1n) is 21.3. The summed E-state index contributed by atoms with van der Waals surface area (Å²) in [6.07, 6.45) is 2.92. The van der Waals surface area contributed by atoms with Gasteiger partial charge in [0.05, 0.1) is 64.8 Å². The molecule has 0 unspecified atom stereocenters. The zero-order valence-corrected chi connectivity index (χ0v) is 41.6. The maximum absolute atomic E-state index is 14.5. The first-order chi connectivity index (χ1) is 29.6. The Kier molecular flexibility index (Phi) is 17.1. The number of esters is 1. The lowest BCUT2D eigenvalue weighted by molar-refractivity contribution is -0.265. The molecule has 63 heavy (non-hydrogen) atoms. The first-order valence-corrected chi connectivity index (χ1v) is 23.3. The van der Waals surface area contributed by atoms with Crippen molar-refractivity contribution in [2.24, 2.45) is 23.7 Å². The fourth-order valence-corrected chi connectivity index (χ4v) is 10.6. The Labute approximate surface area is 394 Å². The normalized spacial score (nSPS) is 34.3. The number of amides is 2. The molecule has 5 rings (SSSR count). The van der Waals surface area contributed by atoms with Gasteiger partial charge in [-0.15, -0.1) is 0 Å². The minimum atomic E-state index is -1.44. The number of benzene rings is 1. The number of cyclic esters (lactones) is 1. The summed E-state index contributed by atoms with van der Waals surface area (Å²) in [5.74, 6) is -2.70. The van der Waals surface area contributed by atoms with Crippen molar-refractivity contribution >= 4 is 75.2 Å². The van der Waals surface area contributed by atoms with Crippen molar-refractivity contribution in [3.63, 3.8) is 0 Å². The molecule has 3 aliphatic rings. The van der Waals surface area contributed by atoms with Crippen LogP contribution in [0.25, 0.3) is 0 Å². The molecule has 2 amide bonds. The second-order valence-corrected chi connectivity index (χ2v) is 19.8. The van der Waals surface area contributed by atoms with Crippen LogP contribution in [-0.4, -0.2) is 114 Å². The van der Waals surface area contributed by atoms with Crippen LogP contribution in [0.15, 0.2) is 30.6 Å². The second-order valence-electron chi connectivity index (χ2n) is 17.9. The van der Waals surface area contributed by atoms with Crippen LogP contribution in [0.1, 0.15) is 97.9 Å². The van der Waals surface area contributed by atoms with E-state index in [1.807, 2.05) is 57.2 Å². The molecule has 12 atom stereocenters. The molecule has 18 heteroatoms. The molecule has 0 saturated carbocycles. The number of halogens is 3. The SMILES string of the molecule is COc1ccc(C(=O)Nc2c(Cl)cncc2Cl)cc1OCCCN1C(=O)O[C@]2(C)[C@@H](I)OC(=O)[C@H](C)[C@@H](O[C@H]3C[C@@](C)(OC)C[C@H](C)O3)[C@H](C)C[C@](C)(OC)C[C@@H](C)C(=O)[C@H](C)[C@@H]12. The number of methoxy groups -OCH3 is 3. The lowest BCUT2D eigenvalue weighted by atomic mass is 9.75. The van der Waals surface area contributed by atoms with Gasteiger partial charge in [-0.25, -0.2) is 4.79 Å². The number of Topliss-reactive ketones (excluding diaryl/α,β-unsaturated/α-hetero) is 1. The monoisotopic (exact) mass is 1030 g/mol. The van der Waals surface area contributed by atoms with Gasteiger partial charge in [0.25, 0.3) is 5.91 Å². The smallest absolute Gasteiger partial charge is 0.410 e. The molecule has 15 nitrogen and oxygen atoms in total. The predicted molar refractivity (Wildman–Crippen MR) is 245 cm³/mol. The van der Waals surface area contributed by atoms with Crippen molar-refractivity contribution < 1.29 is 57.1 Å². The third kappa shape index (κ3) is 11.7. The Morgan fingerprint density at radius 3 is 2.21 bits per heavy atom. The summed E-state index contributed by atoms with van der Waals surface area (Å²) in [4.78, 5) is 61.4. The Hall–Kier alpha value is -3.00. The van der Waals surface area contributed by atoms with E-state index < -0.39 is 75.1 Å². The lowest BCUT2D eigenvalue weighted by Crippen LogP contribution is -2.56. The molecule has 3 saturated heterocycles. The number of hydrogen-bond acceptors (Lipinski definition) is 13. The highest BCUT2D eigenvalue weighted by molar-refractivity contribution is 14.1. The molecule has 350 valence electrons. The van der Waals surface area contributed by atoms with Crippen LogP contribution in [0.5, 0.6) is 11.5 Å². The van der Waals surface area contributed by atoms with Crippen molar-refractivity contribution in [3.8, 4) is 11.5 Å². The van der Waals surface area contributed by atoms with Gasteiger partial charge >= 0.3 is 12.1 Å². The van der Waals surface area contributed by atoms with Crippen molar-refractivity contribution in [2.45, 2.75) is 133 Å². The van der Waals surface area contributed by atoms with Crippen LogP contribution in [0.3, 0.4) is 0 Å². The van der Waals surface area contributed by atoms with Gasteiger partial charge < -0.3 is 48.1 Å². The highest BCUT2D eigenvalue weighted by Crippen LogP contribution is 2.44. The van der Waals surface area contributed by atoms with Crippen LogP contribution in [0, 0.1) is 23.7 Å². The van der Waals surface area contributed by atoms with Gasteiger partial charge in [-0.1, -0.05) is 44.0 Å². The average molecular weight is 1030 g/mol. The van der Waals surface area contributed by atoms with Crippen molar-refractivity contribution in [2.75, 3.05) is 39.8 Å². The van der Waals surface area contributed by atoms with E-state index in [1.165, 1.54) is 30.5 Å². The van der Waals surface area contributed by atoms with E-state index in [2.05, 4.69) is 10.3 Å². The standard InChI is InChI=1S/C45H62Cl2IN3O12/c1-24-18-43(6,57-10)19-25(2)37(61-34-21-44(7,58-11)20-26(3)60-34)28(5)40(54)62-41(48)45(8)38(27(4)36(24)52)51(42(55)63-45)15-12-16-59-33-17-29(13-14-32(33)56-9)39(53)50-35-30(46)22-49-23-31(35)47/h13-14,17,22-28,34,37-38,41H,12,15-16,18-21H2,1-11H3,(H,49,50,53)/t24-,25-,26+,27+,28-,34+,37+,38-,41+,43-,44+,45+/m1/s1. The molecular formula is C45H62Cl2IN3O12. The third-order valence-corrected chi connectivity index (χ3v) is 14.8. The van der Waals surface area contributed by atoms with E-state index in [9.17, 15) is 19.2 Å². The Balaban J connectivity index is 1.37. The number of aromatic nitrogens is 1. The number of anilines is 1. The highest BCUT2D eigenvalue weighted by Gasteiger charge is 2.60. The zero-order chi connectivity index (χ0) is 46.6. The predicted octanol–water partition coefficient (Wildman–Crippen LogP) is 8.93. The van der Waals surface area contributed by atoms with E-state index in [4.69, 9.17) is 61.1 Å². The summed E-state index contributed by atoms with van der Waals surface area (Å²) in [6.45, 7) is 15.3. The molecule has 1 N–H and O–H groups in total. The molecule has 1 aromatic carbocycles. The number of nitrogens with one attached hydrogen (secondary N) is 1. The van der Waals surface area contributed by atoms with E-state index in [-0.39, 0.29) is 58.0 Å².